The molecule has 1 saturated carbocycles. The van der Waals surface area contributed by atoms with Crippen molar-refractivity contribution in [3.05, 3.63) is 0 Å². The van der Waals surface area contributed by atoms with Crippen molar-refractivity contribution in [2.75, 3.05) is 26.4 Å². The minimum atomic E-state index is -0.437. The van der Waals surface area contributed by atoms with Crippen LogP contribution in [0.25, 0.3) is 0 Å². The molecule has 1 saturated heterocycles. The lowest BCUT2D eigenvalue weighted by Crippen LogP contribution is -2.48. The summed E-state index contributed by atoms with van der Waals surface area (Å²) in [6, 6.07) is 0.225. The predicted octanol–water partition coefficient (Wildman–Crippen LogP) is 0.0672. The molecule has 0 bridgehead atoms. The number of hydrogen-bond acceptors (Lipinski definition) is 4. The highest BCUT2D eigenvalue weighted by Crippen LogP contribution is 2.24. The molecule has 3 atom stereocenters. The second-order valence-corrected chi connectivity index (χ2v) is 4.48. The van der Waals surface area contributed by atoms with Gasteiger partial charge in [-0.25, -0.2) is 0 Å². The van der Waals surface area contributed by atoms with Crippen LogP contribution in [0.4, 0.5) is 0 Å². The Morgan fingerprint density at radius 3 is 2.82 bits per heavy atom. The number of amides is 1. The molecule has 3 N–H and O–H groups in total. The van der Waals surface area contributed by atoms with Crippen LogP contribution in [0.1, 0.15) is 19.3 Å². The molecular formula is C11H21ClN2O3. The minimum absolute atomic E-state index is 0. The maximum Gasteiger partial charge on any atom is 0.251 e. The number of nitrogens with one attached hydrogen (secondary N) is 1. The van der Waals surface area contributed by atoms with E-state index < -0.39 is 6.10 Å². The fourth-order valence-electron chi connectivity index (χ4n) is 2.42. The van der Waals surface area contributed by atoms with Gasteiger partial charge in [-0.3, -0.25) is 4.79 Å². The van der Waals surface area contributed by atoms with E-state index in [4.69, 9.17) is 15.2 Å². The van der Waals surface area contributed by atoms with Crippen LogP contribution >= 0.6 is 12.4 Å². The lowest BCUT2D eigenvalue weighted by atomic mass is 10.0. The van der Waals surface area contributed by atoms with Crippen LogP contribution < -0.4 is 11.1 Å². The molecule has 1 aliphatic carbocycles. The normalized spacial score (nSPS) is 32.9. The standard InChI is InChI=1S/C11H20N2O3.ClH/c12-6-8-2-1-3-9(8)13-11(14)10-7-15-4-5-16-10;/h8-10H,1-7,12H2,(H,13,14);1H. The summed E-state index contributed by atoms with van der Waals surface area (Å²) in [4.78, 5) is 11.9. The zero-order valence-electron chi connectivity index (χ0n) is 9.89. The fraction of sp³-hybridized carbons (Fsp3) is 0.909. The van der Waals surface area contributed by atoms with Crippen molar-refractivity contribution < 1.29 is 14.3 Å². The monoisotopic (exact) mass is 264 g/mol. The van der Waals surface area contributed by atoms with Crippen LogP contribution in [0.15, 0.2) is 0 Å². The highest BCUT2D eigenvalue weighted by atomic mass is 35.5. The molecule has 2 rings (SSSR count). The van der Waals surface area contributed by atoms with Crippen molar-refractivity contribution in [2.24, 2.45) is 11.7 Å². The quantitative estimate of drug-likeness (QED) is 0.757. The first-order chi connectivity index (χ1) is 7.81. The Hall–Kier alpha value is -0.360. The Labute approximate surface area is 108 Å². The van der Waals surface area contributed by atoms with Crippen LogP contribution in [-0.2, 0) is 14.3 Å². The maximum absolute atomic E-state index is 11.9. The summed E-state index contributed by atoms with van der Waals surface area (Å²) in [7, 11) is 0. The predicted molar refractivity (Wildman–Crippen MR) is 66.1 cm³/mol. The second-order valence-electron chi connectivity index (χ2n) is 4.48. The zero-order chi connectivity index (χ0) is 11.4. The van der Waals surface area contributed by atoms with Crippen LogP contribution in [0.2, 0.25) is 0 Å². The first-order valence-corrected chi connectivity index (χ1v) is 6.01. The van der Waals surface area contributed by atoms with Crippen molar-refractivity contribution >= 4 is 18.3 Å². The molecule has 0 aromatic rings. The number of hydrogen-bond donors (Lipinski definition) is 2. The van der Waals surface area contributed by atoms with Gasteiger partial charge in [-0.15, -0.1) is 12.4 Å². The van der Waals surface area contributed by atoms with E-state index in [2.05, 4.69) is 5.32 Å². The number of carbonyl (C=O) groups is 1. The topological polar surface area (TPSA) is 73.6 Å². The Balaban J connectivity index is 0.00000144. The van der Waals surface area contributed by atoms with E-state index in [0.29, 0.717) is 32.3 Å². The lowest BCUT2D eigenvalue weighted by Gasteiger charge is -2.25. The summed E-state index contributed by atoms with van der Waals surface area (Å²) in [5.74, 6) is 0.374. The molecule has 0 spiro atoms. The van der Waals surface area contributed by atoms with E-state index in [-0.39, 0.29) is 24.4 Å². The Morgan fingerprint density at radius 2 is 2.18 bits per heavy atom. The summed E-state index contributed by atoms with van der Waals surface area (Å²) >= 11 is 0. The molecule has 1 aliphatic heterocycles. The first kappa shape index (κ1) is 14.7. The van der Waals surface area contributed by atoms with Crippen LogP contribution in [0, 0.1) is 5.92 Å². The van der Waals surface area contributed by atoms with Gasteiger partial charge < -0.3 is 20.5 Å². The van der Waals surface area contributed by atoms with Crippen molar-refractivity contribution in [3.8, 4) is 0 Å². The highest BCUT2D eigenvalue weighted by molar-refractivity contribution is 5.85. The highest BCUT2D eigenvalue weighted by Gasteiger charge is 2.30. The van der Waals surface area contributed by atoms with Gasteiger partial charge in [0.2, 0.25) is 0 Å². The van der Waals surface area contributed by atoms with Crippen molar-refractivity contribution in [1.82, 2.24) is 5.32 Å². The number of rotatable bonds is 3. The largest absolute Gasteiger partial charge is 0.376 e. The molecule has 5 nitrogen and oxygen atoms in total. The molecule has 1 heterocycles. The second kappa shape index (κ2) is 7.16. The lowest BCUT2D eigenvalue weighted by molar-refractivity contribution is -0.148. The fourth-order valence-corrected chi connectivity index (χ4v) is 2.42. The number of nitrogens with two attached hydrogens (primary N) is 1. The third-order valence-corrected chi connectivity index (χ3v) is 3.40. The average molecular weight is 265 g/mol. The van der Waals surface area contributed by atoms with Gasteiger partial charge in [-0.1, -0.05) is 6.42 Å². The molecular weight excluding hydrogens is 244 g/mol. The van der Waals surface area contributed by atoms with Gasteiger partial charge in [0.15, 0.2) is 6.10 Å². The molecule has 0 radical (unpaired) electrons. The maximum atomic E-state index is 11.9. The third kappa shape index (κ3) is 3.81. The molecule has 3 unspecified atom stereocenters. The summed E-state index contributed by atoms with van der Waals surface area (Å²) in [5, 5.41) is 3.03. The van der Waals surface area contributed by atoms with Gasteiger partial charge in [0.05, 0.1) is 19.8 Å². The van der Waals surface area contributed by atoms with Gasteiger partial charge in [0, 0.05) is 6.04 Å². The molecule has 0 aromatic carbocycles. The molecule has 2 aliphatic rings. The van der Waals surface area contributed by atoms with E-state index in [9.17, 15) is 4.79 Å². The number of carbonyl (C=O) groups excluding carboxylic acids is 1. The van der Waals surface area contributed by atoms with Gasteiger partial charge in [-0.05, 0) is 25.3 Å². The van der Waals surface area contributed by atoms with Crippen LogP contribution in [0.5, 0.6) is 0 Å². The smallest absolute Gasteiger partial charge is 0.251 e. The number of ether oxygens (including phenoxy) is 2. The first-order valence-electron chi connectivity index (χ1n) is 6.01. The van der Waals surface area contributed by atoms with E-state index in [1.165, 1.54) is 0 Å². The van der Waals surface area contributed by atoms with Crippen LogP contribution in [-0.4, -0.2) is 44.4 Å². The van der Waals surface area contributed by atoms with E-state index >= 15 is 0 Å². The molecule has 17 heavy (non-hydrogen) atoms. The van der Waals surface area contributed by atoms with Gasteiger partial charge >= 0.3 is 0 Å². The van der Waals surface area contributed by atoms with E-state index in [1.54, 1.807) is 0 Å². The van der Waals surface area contributed by atoms with E-state index in [0.717, 1.165) is 19.3 Å². The summed E-state index contributed by atoms with van der Waals surface area (Å²) in [6.07, 6.45) is 2.85. The zero-order valence-corrected chi connectivity index (χ0v) is 10.7. The average Bonchev–Trinajstić information content (AvgIpc) is 2.77. The van der Waals surface area contributed by atoms with Gasteiger partial charge in [-0.2, -0.15) is 0 Å². The Kier molecular flexibility index (Phi) is 6.19. The van der Waals surface area contributed by atoms with E-state index in [1.807, 2.05) is 0 Å². The molecule has 6 heteroatoms. The summed E-state index contributed by atoms with van der Waals surface area (Å²) in [5.41, 5.74) is 5.67. The third-order valence-electron chi connectivity index (χ3n) is 3.40. The minimum Gasteiger partial charge on any atom is -0.376 e. The number of halogens is 1. The van der Waals surface area contributed by atoms with Gasteiger partial charge in [0.1, 0.15) is 0 Å². The summed E-state index contributed by atoms with van der Waals surface area (Å²) in [6.45, 7) is 2.10. The Morgan fingerprint density at radius 1 is 1.35 bits per heavy atom. The Bertz CT molecular complexity index is 247. The van der Waals surface area contributed by atoms with Crippen molar-refractivity contribution in [2.45, 2.75) is 31.4 Å². The van der Waals surface area contributed by atoms with Crippen molar-refractivity contribution in [1.29, 1.82) is 0 Å². The summed E-state index contributed by atoms with van der Waals surface area (Å²) < 4.78 is 10.6. The van der Waals surface area contributed by atoms with Gasteiger partial charge in [0.25, 0.3) is 5.91 Å². The van der Waals surface area contributed by atoms with Crippen LogP contribution in [0.3, 0.4) is 0 Å². The molecule has 100 valence electrons. The SMILES string of the molecule is Cl.NCC1CCCC1NC(=O)C1COCCO1. The molecule has 0 aromatic heterocycles. The molecule has 1 amide bonds. The molecule has 2 fully saturated rings. The van der Waals surface area contributed by atoms with Crippen molar-refractivity contribution in [3.63, 3.8) is 0 Å².